The molecule has 0 saturated heterocycles. The summed E-state index contributed by atoms with van der Waals surface area (Å²) in [6.45, 7) is 5.10. The van der Waals surface area contributed by atoms with Crippen molar-refractivity contribution in [2.24, 2.45) is 0 Å². The molecule has 148 valence electrons. The van der Waals surface area contributed by atoms with Gasteiger partial charge in [0.1, 0.15) is 5.75 Å². The van der Waals surface area contributed by atoms with Gasteiger partial charge in [0.15, 0.2) is 0 Å². The van der Waals surface area contributed by atoms with E-state index in [1.165, 1.54) is 0 Å². The SMILES string of the molecule is COCCN(C(=O)CCc1nnc(CCc2ccccc2OC)o1)C(C)C. The summed E-state index contributed by atoms with van der Waals surface area (Å²) in [5, 5.41) is 8.16. The highest BCUT2D eigenvalue weighted by molar-refractivity contribution is 5.76. The molecule has 0 N–H and O–H groups in total. The molecule has 0 radical (unpaired) electrons. The Bertz CT molecular complexity index is 715. The summed E-state index contributed by atoms with van der Waals surface area (Å²) in [7, 11) is 3.29. The van der Waals surface area contributed by atoms with Gasteiger partial charge in [-0.1, -0.05) is 18.2 Å². The number of benzene rings is 1. The zero-order valence-electron chi connectivity index (χ0n) is 16.6. The van der Waals surface area contributed by atoms with E-state index in [9.17, 15) is 4.79 Å². The molecule has 0 aliphatic carbocycles. The van der Waals surface area contributed by atoms with E-state index in [2.05, 4.69) is 10.2 Å². The Kier molecular flexibility index (Phi) is 8.26. The molecular weight excluding hydrogens is 346 g/mol. The lowest BCUT2D eigenvalue weighted by Crippen LogP contribution is -2.39. The molecule has 1 heterocycles. The number of ether oxygens (including phenoxy) is 2. The van der Waals surface area contributed by atoms with E-state index in [0.29, 0.717) is 44.2 Å². The van der Waals surface area contributed by atoms with Gasteiger partial charge < -0.3 is 18.8 Å². The summed E-state index contributed by atoms with van der Waals surface area (Å²) in [5.74, 6) is 1.99. The van der Waals surface area contributed by atoms with Crippen molar-refractivity contribution in [3.8, 4) is 5.75 Å². The van der Waals surface area contributed by atoms with Gasteiger partial charge in [0.05, 0.1) is 13.7 Å². The minimum atomic E-state index is 0.0656. The van der Waals surface area contributed by atoms with E-state index in [1.807, 2.05) is 43.0 Å². The molecule has 0 aliphatic rings. The summed E-state index contributed by atoms with van der Waals surface area (Å²) in [5.41, 5.74) is 1.10. The summed E-state index contributed by atoms with van der Waals surface area (Å²) in [4.78, 5) is 14.2. The van der Waals surface area contributed by atoms with E-state index in [-0.39, 0.29) is 11.9 Å². The third-order valence-electron chi connectivity index (χ3n) is 4.34. The number of amides is 1. The lowest BCUT2D eigenvalue weighted by Gasteiger charge is -2.26. The first-order valence-corrected chi connectivity index (χ1v) is 9.26. The fraction of sp³-hybridized carbons (Fsp3) is 0.550. The minimum Gasteiger partial charge on any atom is -0.496 e. The van der Waals surface area contributed by atoms with Crippen LogP contribution in [0.15, 0.2) is 28.7 Å². The fourth-order valence-corrected chi connectivity index (χ4v) is 2.86. The van der Waals surface area contributed by atoms with E-state index in [1.54, 1.807) is 14.2 Å². The van der Waals surface area contributed by atoms with Gasteiger partial charge in [-0.15, -0.1) is 10.2 Å². The maximum Gasteiger partial charge on any atom is 0.223 e. The molecule has 1 aromatic heterocycles. The van der Waals surface area contributed by atoms with Crippen LogP contribution in [0.5, 0.6) is 5.75 Å². The molecule has 0 spiro atoms. The van der Waals surface area contributed by atoms with Gasteiger partial charge in [0.2, 0.25) is 17.7 Å². The highest BCUT2D eigenvalue weighted by Crippen LogP contribution is 2.19. The van der Waals surface area contributed by atoms with Crippen molar-refractivity contribution in [3.63, 3.8) is 0 Å². The van der Waals surface area contributed by atoms with E-state index >= 15 is 0 Å². The van der Waals surface area contributed by atoms with Crippen molar-refractivity contribution in [3.05, 3.63) is 41.6 Å². The van der Waals surface area contributed by atoms with E-state index in [4.69, 9.17) is 13.9 Å². The second-order valence-corrected chi connectivity index (χ2v) is 6.58. The molecule has 1 aromatic carbocycles. The Morgan fingerprint density at radius 1 is 1.11 bits per heavy atom. The summed E-state index contributed by atoms with van der Waals surface area (Å²) in [6.07, 6.45) is 2.17. The zero-order chi connectivity index (χ0) is 19.6. The standard InChI is InChI=1S/C20H29N3O4/c1-15(2)23(13-14-25-3)20(24)12-11-19-22-21-18(27-19)10-9-16-7-5-6-8-17(16)26-4/h5-8,15H,9-14H2,1-4H3. The first kappa shape index (κ1) is 20.9. The van der Waals surface area contributed by atoms with Gasteiger partial charge in [-0.05, 0) is 31.9 Å². The number of aryl methyl sites for hydroxylation is 3. The van der Waals surface area contributed by atoms with Gasteiger partial charge >= 0.3 is 0 Å². The average molecular weight is 375 g/mol. The third-order valence-corrected chi connectivity index (χ3v) is 4.34. The van der Waals surface area contributed by atoms with Crippen LogP contribution in [0, 0.1) is 0 Å². The van der Waals surface area contributed by atoms with Crippen LogP contribution in [0.25, 0.3) is 0 Å². The van der Waals surface area contributed by atoms with Crippen molar-refractivity contribution in [1.29, 1.82) is 0 Å². The molecule has 7 nitrogen and oxygen atoms in total. The second kappa shape index (κ2) is 10.7. The monoisotopic (exact) mass is 375 g/mol. The van der Waals surface area contributed by atoms with Crippen LogP contribution in [0.3, 0.4) is 0 Å². The minimum absolute atomic E-state index is 0.0656. The predicted molar refractivity (Wildman–Crippen MR) is 102 cm³/mol. The Morgan fingerprint density at radius 3 is 2.48 bits per heavy atom. The topological polar surface area (TPSA) is 77.7 Å². The number of hydrogen-bond acceptors (Lipinski definition) is 6. The highest BCUT2D eigenvalue weighted by Gasteiger charge is 2.18. The van der Waals surface area contributed by atoms with Crippen LogP contribution < -0.4 is 4.74 Å². The maximum atomic E-state index is 12.4. The van der Waals surface area contributed by atoms with Crippen LogP contribution in [0.2, 0.25) is 0 Å². The van der Waals surface area contributed by atoms with Gasteiger partial charge in [0, 0.05) is 39.0 Å². The highest BCUT2D eigenvalue weighted by atomic mass is 16.5. The van der Waals surface area contributed by atoms with Crippen molar-refractivity contribution < 1.29 is 18.7 Å². The fourth-order valence-electron chi connectivity index (χ4n) is 2.86. The number of rotatable bonds is 11. The number of hydrogen-bond donors (Lipinski definition) is 0. The maximum absolute atomic E-state index is 12.4. The van der Waals surface area contributed by atoms with E-state index < -0.39 is 0 Å². The molecule has 0 bridgehead atoms. The normalized spacial score (nSPS) is 11.0. The number of methoxy groups -OCH3 is 2. The Hall–Kier alpha value is -2.41. The quantitative estimate of drug-likeness (QED) is 0.601. The van der Waals surface area contributed by atoms with Gasteiger partial charge in [0.25, 0.3) is 0 Å². The molecule has 2 aromatic rings. The zero-order valence-corrected chi connectivity index (χ0v) is 16.6. The van der Waals surface area contributed by atoms with Crippen LogP contribution in [0.4, 0.5) is 0 Å². The lowest BCUT2D eigenvalue weighted by molar-refractivity contribution is -0.133. The van der Waals surface area contributed by atoms with Crippen LogP contribution in [0.1, 0.15) is 37.6 Å². The van der Waals surface area contributed by atoms with Crippen molar-refractivity contribution >= 4 is 5.91 Å². The Balaban J connectivity index is 1.85. The molecule has 0 saturated carbocycles. The Labute approximate surface area is 160 Å². The molecule has 1 amide bonds. The first-order valence-electron chi connectivity index (χ1n) is 9.26. The van der Waals surface area contributed by atoms with Crippen molar-refractivity contribution in [1.82, 2.24) is 15.1 Å². The molecule has 7 heteroatoms. The molecule has 0 fully saturated rings. The largest absolute Gasteiger partial charge is 0.496 e. The number of carbonyl (C=O) groups excluding carboxylic acids is 1. The number of para-hydroxylation sites is 1. The Morgan fingerprint density at radius 2 is 1.81 bits per heavy atom. The molecule has 0 aliphatic heterocycles. The summed E-state index contributed by atoms with van der Waals surface area (Å²) in [6, 6.07) is 8.01. The molecule has 2 rings (SSSR count). The van der Waals surface area contributed by atoms with Crippen molar-refractivity contribution in [2.75, 3.05) is 27.4 Å². The van der Waals surface area contributed by atoms with Gasteiger partial charge in [-0.25, -0.2) is 0 Å². The number of nitrogens with zero attached hydrogens (tertiary/aromatic N) is 3. The van der Waals surface area contributed by atoms with Gasteiger partial charge in [-0.2, -0.15) is 0 Å². The van der Waals surface area contributed by atoms with E-state index in [0.717, 1.165) is 17.7 Å². The van der Waals surface area contributed by atoms with Crippen molar-refractivity contribution in [2.45, 2.75) is 45.6 Å². The first-order chi connectivity index (χ1) is 13.0. The molecular formula is C20H29N3O4. The second-order valence-electron chi connectivity index (χ2n) is 6.58. The van der Waals surface area contributed by atoms with Gasteiger partial charge in [-0.3, -0.25) is 4.79 Å². The lowest BCUT2D eigenvalue weighted by atomic mass is 10.1. The average Bonchev–Trinajstić information content (AvgIpc) is 3.13. The summed E-state index contributed by atoms with van der Waals surface area (Å²) < 4.78 is 16.1. The predicted octanol–water partition coefficient (Wildman–Crippen LogP) is 2.68. The number of carbonyl (C=O) groups is 1. The number of aromatic nitrogens is 2. The third kappa shape index (κ3) is 6.36. The smallest absolute Gasteiger partial charge is 0.223 e. The molecule has 0 unspecified atom stereocenters. The van der Waals surface area contributed by atoms with Crippen LogP contribution in [-0.2, 0) is 28.8 Å². The van der Waals surface area contributed by atoms with Crippen LogP contribution >= 0.6 is 0 Å². The summed E-state index contributed by atoms with van der Waals surface area (Å²) >= 11 is 0. The molecule has 0 atom stereocenters. The molecule has 27 heavy (non-hydrogen) atoms. The van der Waals surface area contributed by atoms with Crippen LogP contribution in [-0.4, -0.2) is 54.4 Å².